The summed E-state index contributed by atoms with van der Waals surface area (Å²) in [6.45, 7) is 14.1. The summed E-state index contributed by atoms with van der Waals surface area (Å²) in [5.41, 5.74) is 2.20. The summed E-state index contributed by atoms with van der Waals surface area (Å²) in [6.07, 6.45) is 3.24. The fraction of sp³-hybridized carbons (Fsp3) is 0.450. The molecule has 124 valence electrons. The number of rotatable bonds is 1. The Bertz CT molecular complexity index is 672. The molecule has 1 aromatic rings. The van der Waals surface area contributed by atoms with Crippen molar-refractivity contribution in [3.63, 3.8) is 0 Å². The lowest BCUT2D eigenvalue weighted by molar-refractivity contribution is -0.112. The van der Waals surface area contributed by atoms with Crippen LogP contribution in [-0.4, -0.2) is 10.9 Å². The van der Waals surface area contributed by atoms with E-state index in [1.807, 2.05) is 12.1 Å². The molecule has 0 saturated carbocycles. The standard InChI is InChI=1S/C20H26O3/c1-12-8-16(21)17(23-12)11-13-9-14(19(2,3)4)18(22)15(10-13)20(5,6)7/h8-11,22H,1-7H3/b17-11+. The van der Waals surface area contributed by atoms with Crippen LogP contribution in [0.15, 0.2) is 29.7 Å². The lowest BCUT2D eigenvalue weighted by atomic mass is 9.78. The normalized spacial score (nSPS) is 17.4. The Balaban J connectivity index is 2.62. The van der Waals surface area contributed by atoms with Gasteiger partial charge >= 0.3 is 0 Å². The number of phenols is 1. The molecular weight excluding hydrogens is 288 g/mol. The lowest BCUT2D eigenvalue weighted by Gasteiger charge is -2.28. The Morgan fingerprint density at radius 1 is 1.00 bits per heavy atom. The molecule has 2 rings (SSSR count). The van der Waals surface area contributed by atoms with E-state index >= 15 is 0 Å². The molecule has 0 aliphatic carbocycles. The third-order valence-corrected chi connectivity index (χ3v) is 3.89. The van der Waals surface area contributed by atoms with E-state index in [9.17, 15) is 9.90 Å². The quantitative estimate of drug-likeness (QED) is 0.755. The molecule has 0 aromatic heterocycles. The number of benzene rings is 1. The second-order valence-electron chi connectivity index (χ2n) is 8.19. The Kier molecular flexibility index (Phi) is 4.18. The molecule has 23 heavy (non-hydrogen) atoms. The highest BCUT2D eigenvalue weighted by atomic mass is 16.5. The zero-order chi connectivity index (χ0) is 17.6. The van der Waals surface area contributed by atoms with Crippen molar-refractivity contribution in [3.05, 3.63) is 46.4 Å². The minimum absolute atomic E-state index is 0.120. The molecule has 0 fully saturated rings. The Labute approximate surface area is 138 Å². The summed E-state index contributed by atoms with van der Waals surface area (Å²) in [5.74, 6) is 1.14. The van der Waals surface area contributed by atoms with E-state index in [2.05, 4.69) is 41.5 Å². The molecule has 1 heterocycles. The highest BCUT2D eigenvalue weighted by molar-refractivity contribution is 6.07. The minimum Gasteiger partial charge on any atom is -0.507 e. The summed E-state index contributed by atoms with van der Waals surface area (Å²) in [5, 5.41) is 10.7. The van der Waals surface area contributed by atoms with Crippen LogP contribution >= 0.6 is 0 Å². The number of ketones is 1. The number of allylic oxidation sites excluding steroid dienone is 2. The van der Waals surface area contributed by atoms with Gasteiger partial charge in [0.15, 0.2) is 5.76 Å². The van der Waals surface area contributed by atoms with Gasteiger partial charge in [-0.3, -0.25) is 4.79 Å². The van der Waals surface area contributed by atoms with E-state index in [0.717, 1.165) is 16.7 Å². The number of phenolic OH excluding ortho intramolecular Hbond substituents is 1. The molecule has 0 radical (unpaired) electrons. The maximum Gasteiger partial charge on any atom is 0.224 e. The molecule has 1 N–H and O–H groups in total. The number of carbonyl (C=O) groups excluding carboxylic acids is 1. The van der Waals surface area contributed by atoms with Crippen molar-refractivity contribution in [3.8, 4) is 5.75 Å². The van der Waals surface area contributed by atoms with E-state index in [1.54, 1.807) is 13.0 Å². The van der Waals surface area contributed by atoms with Gasteiger partial charge in [-0.25, -0.2) is 0 Å². The van der Waals surface area contributed by atoms with Gasteiger partial charge in [-0.2, -0.15) is 0 Å². The van der Waals surface area contributed by atoms with Crippen LogP contribution in [0, 0.1) is 0 Å². The van der Waals surface area contributed by atoms with E-state index in [-0.39, 0.29) is 16.6 Å². The molecule has 0 amide bonds. The second-order valence-corrected chi connectivity index (χ2v) is 8.19. The van der Waals surface area contributed by atoms with Crippen LogP contribution in [0.5, 0.6) is 5.75 Å². The van der Waals surface area contributed by atoms with Crippen LogP contribution in [0.25, 0.3) is 6.08 Å². The van der Waals surface area contributed by atoms with Crippen LogP contribution in [-0.2, 0) is 20.4 Å². The van der Waals surface area contributed by atoms with Crippen LogP contribution < -0.4 is 0 Å². The minimum atomic E-state index is -0.201. The van der Waals surface area contributed by atoms with Gasteiger partial charge in [0.2, 0.25) is 5.78 Å². The Morgan fingerprint density at radius 3 is 1.83 bits per heavy atom. The van der Waals surface area contributed by atoms with Crippen molar-refractivity contribution in [2.45, 2.75) is 59.3 Å². The molecule has 3 nitrogen and oxygen atoms in total. The first-order valence-corrected chi connectivity index (χ1v) is 7.90. The second kappa shape index (κ2) is 5.55. The first-order chi connectivity index (χ1) is 10.4. The highest BCUT2D eigenvalue weighted by Crippen LogP contribution is 2.40. The molecule has 3 heteroatoms. The van der Waals surface area contributed by atoms with Crippen molar-refractivity contribution in [1.29, 1.82) is 0 Å². The predicted octanol–water partition coefficient (Wildman–Crippen LogP) is 4.83. The van der Waals surface area contributed by atoms with Gasteiger partial charge < -0.3 is 9.84 Å². The van der Waals surface area contributed by atoms with Gasteiger partial charge in [-0.15, -0.1) is 0 Å². The molecule has 0 bridgehead atoms. The van der Waals surface area contributed by atoms with Crippen molar-refractivity contribution in [2.75, 3.05) is 0 Å². The Morgan fingerprint density at radius 2 is 1.48 bits per heavy atom. The van der Waals surface area contributed by atoms with Crippen molar-refractivity contribution in [1.82, 2.24) is 0 Å². The van der Waals surface area contributed by atoms with Gasteiger partial charge in [-0.05, 0) is 41.5 Å². The van der Waals surface area contributed by atoms with Crippen LogP contribution in [0.3, 0.4) is 0 Å². The van der Waals surface area contributed by atoms with Gasteiger partial charge in [0.25, 0.3) is 0 Å². The topological polar surface area (TPSA) is 46.5 Å². The Hall–Kier alpha value is -2.03. The maximum absolute atomic E-state index is 11.9. The first kappa shape index (κ1) is 17.3. The largest absolute Gasteiger partial charge is 0.507 e. The number of hydrogen-bond acceptors (Lipinski definition) is 3. The molecule has 0 spiro atoms. The number of carbonyl (C=O) groups is 1. The van der Waals surface area contributed by atoms with Crippen LogP contribution in [0.1, 0.15) is 65.2 Å². The molecule has 0 atom stereocenters. The summed E-state index contributed by atoms with van der Waals surface area (Å²) < 4.78 is 5.47. The van der Waals surface area contributed by atoms with Gasteiger partial charge in [-0.1, -0.05) is 41.5 Å². The average Bonchev–Trinajstić information content (AvgIpc) is 2.67. The summed E-state index contributed by atoms with van der Waals surface area (Å²) in [7, 11) is 0. The van der Waals surface area contributed by atoms with E-state index in [4.69, 9.17) is 4.74 Å². The monoisotopic (exact) mass is 314 g/mol. The molecule has 1 aromatic carbocycles. The lowest BCUT2D eigenvalue weighted by Crippen LogP contribution is -2.17. The van der Waals surface area contributed by atoms with Crippen molar-refractivity contribution < 1.29 is 14.6 Å². The van der Waals surface area contributed by atoms with E-state index in [1.165, 1.54) is 6.08 Å². The molecule has 1 aliphatic rings. The molecule has 0 saturated heterocycles. The zero-order valence-corrected chi connectivity index (χ0v) is 15.1. The van der Waals surface area contributed by atoms with Crippen molar-refractivity contribution >= 4 is 11.9 Å². The number of hydrogen-bond donors (Lipinski definition) is 1. The average molecular weight is 314 g/mol. The third kappa shape index (κ3) is 3.66. The van der Waals surface area contributed by atoms with Crippen LogP contribution in [0.2, 0.25) is 0 Å². The van der Waals surface area contributed by atoms with E-state index < -0.39 is 0 Å². The summed E-state index contributed by atoms with van der Waals surface area (Å²) in [4.78, 5) is 11.9. The van der Waals surface area contributed by atoms with Gasteiger partial charge in [0.05, 0.1) is 0 Å². The fourth-order valence-electron chi connectivity index (χ4n) is 2.64. The predicted molar refractivity (Wildman–Crippen MR) is 93.3 cm³/mol. The zero-order valence-electron chi connectivity index (χ0n) is 15.1. The first-order valence-electron chi connectivity index (χ1n) is 7.90. The fourth-order valence-corrected chi connectivity index (χ4v) is 2.64. The third-order valence-electron chi connectivity index (χ3n) is 3.89. The van der Waals surface area contributed by atoms with E-state index in [0.29, 0.717) is 17.3 Å². The number of aromatic hydroxyl groups is 1. The smallest absolute Gasteiger partial charge is 0.224 e. The molecule has 1 aliphatic heterocycles. The van der Waals surface area contributed by atoms with Gasteiger partial charge in [0.1, 0.15) is 11.5 Å². The summed E-state index contributed by atoms with van der Waals surface area (Å²) >= 11 is 0. The SMILES string of the molecule is CC1=CC(=O)/C(=C\c2cc(C(C)(C)C)c(O)c(C(C)(C)C)c2)O1. The summed E-state index contributed by atoms with van der Waals surface area (Å²) in [6, 6.07) is 3.86. The highest BCUT2D eigenvalue weighted by Gasteiger charge is 2.27. The van der Waals surface area contributed by atoms with Gasteiger partial charge in [0, 0.05) is 17.2 Å². The van der Waals surface area contributed by atoms with Crippen LogP contribution in [0.4, 0.5) is 0 Å². The number of ether oxygens (including phenoxy) is 1. The molecular formula is C20H26O3. The maximum atomic E-state index is 11.9. The molecule has 0 unspecified atom stereocenters. The van der Waals surface area contributed by atoms with Crippen molar-refractivity contribution in [2.24, 2.45) is 0 Å².